The SMILES string of the molecule is C1=CCn2cccc2N=C1. The Morgan fingerprint density at radius 2 is 2.50 bits per heavy atom. The van der Waals surface area contributed by atoms with Crippen molar-refractivity contribution in [2.75, 3.05) is 0 Å². The van der Waals surface area contributed by atoms with Crippen LogP contribution in [0.1, 0.15) is 0 Å². The standard InChI is InChI=1S/C8H8N2/c1-2-6-10-7-3-4-8(10)9-5-1/h1-5,7H,6H2. The summed E-state index contributed by atoms with van der Waals surface area (Å²) in [7, 11) is 0. The minimum Gasteiger partial charge on any atom is -0.329 e. The van der Waals surface area contributed by atoms with Crippen molar-refractivity contribution in [3.8, 4) is 0 Å². The minimum atomic E-state index is 0.933. The number of rotatable bonds is 0. The molecule has 2 rings (SSSR count). The van der Waals surface area contributed by atoms with Crippen molar-refractivity contribution in [2.45, 2.75) is 6.54 Å². The summed E-state index contributed by atoms with van der Waals surface area (Å²) < 4.78 is 2.10. The van der Waals surface area contributed by atoms with Crippen molar-refractivity contribution < 1.29 is 0 Å². The van der Waals surface area contributed by atoms with Crippen LogP contribution in [0, 0.1) is 0 Å². The van der Waals surface area contributed by atoms with Crippen molar-refractivity contribution in [3.05, 3.63) is 30.5 Å². The van der Waals surface area contributed by atoms with E-state index in [1.807, 2.05) is 30.6 Å². The molecule has 0 N–H and O–H groups in total. The van der Waals surface area contributed by atoms with Crippen molar-refractivity contribution in [3.63, 3.8) is 0 Å². The summed E-state index contributed by atoms with van der Waals surface area (Å²) in [6.07, 6.45) is 7.90. The summed E-state index contributed by atoms with van der Waals surface area (Å²) in [5, 5.41) is 0. The number of hydrogen-bond acceptors (Lipinski definition) is 1. The molecule has 10 heavy (non-hydrogen) atoms. The molecule has 0 spiro atoms. The molecule has 50 valence electrons. The van der Waals surface area contributed by atoms with Crippen LogP contribution in [0.15, 0.2) is 35.5 Å². The zero-order valence-electron chi connectivity index (χ0n) is 5.57. The van der Waals surface area contributed by atoms with Crippen LogP contribution >= 0.6 is 0 Å². The van der Waals surface area contributed by atoms with Gasteiger partial charge in [-0.25, -0.2) is 4.99 Å². The third kappa shape index (κ3) is 0.778. The van der Waals surface area contributed by atoms with Gasteiger partial charge < -0.3 is 4.57 Å². The summed E-state index contributed by atoms with van der Waals surface area (Å²) in [6.45, 7) is 0.933. The van der Waals surface area contributed by atoms with Crippen LogP contribution in [0.3, 0.4) is 0 Å². The van der Waals surface area contributed by atoms with Gasteiger partial charge in [0.2, 0.25) is 0 Å². The second-order valence-electron chi connectivity index (χ2n) is 2.23. The van der Waals surface area contributed by atoms with Crippen molar-refractivity contribution in [1.82, 2.24) is 4.57 Å². The summed E-state index contributed by atoms with van der Waals surface area (Å²) >= 11 is 0. The lowest BCUT2D eigenvalue weighted by Crippen LogP contribution is -1.88. The molecule has 0 saturated carbocycles. The number of aromatic nitrogens is 1. The highest BCUT2D eigenvalue weighted by Gasteiger charge is 1.95. The van der Waals surface area contributed by atoms with Gasteiger partial charge in [0.05, 0.1) is 0 Å². The molecule has 0 bridgehead atoms. The Bertz CT molecular complexity index is 281. The first-order chi connectivity index (χ1) is 4.97. The van der Waals surface area contributed by atoms with Gasteiger partial charge in [0.15, 0.2) is 0 Å². The molecule has 1 aliphatic rings. The van der Waals surface area contributed by atoms with E-state index in [-0.39, 0.29) is 0 Å². The lowest BCUT2D eigenvalue weighted by molar-refractivity contribution is 0.837. The van der Waals surface area contributed by atoms with Gasteiger partial charge in [-0.3, -0.25) is 0 Å². The molecule has 1 aliphatic heterocycles. The van der Waals surface area contributed by atoms with E-state index in [4.69, 9.17) is 0 Å². The zero-order chi connectivity index (χ0) is 6.81. The van der Waals surface area contributed by atoms with Crippen LogP contribution in [-0.2, 0) is 6.54 Å². The number of nitrogens with zero attached hydrogens (tertiary/aromatic N) is 2. The van der Waals surface area contributed by atoms with Gasteiger partial charge in [-0.2, -0.15) is 0 Å². The van der Waals surface area contributed by atoms with Crippen LogP contribution in [0.5, 0.6) is 0 Å². The molecule has 0 radical (unpaired) electrons. The fourth-order valence-corrected chi connectivity index (χ4v) is 1.03. The van der Waals surface area contributed by atoms with Crippen molar-refractivity contribution in [1.29, 1.82) is 0 Å². The fraction of sp³-hybridized carbons (Fsp3) is 0.125. The monoisotopic (exact) mass is 132 g/mol. The van der Waals surface area contributed by atoms with Gasteiger partial charge in [0.25, 0.3) is 0 Å². The topological polar surface area (TPSA) is 17.3 Å². The highest BCUT2D eigenvalue weighted by Crippen LogP contribution is 2.13. The Kier molecular flexibility index (Phi) is 1.17. The second-order valence-corrected chi connectivity index (χ2v) is 2.23. The molecule has 1 aromatic heterocycles. The van der Waals surface area contributed by atoms with Crippen LogP contribution < -0.4 is 0 Å². The van der Waals surface area contributed by atoms with Gasteiger partial charge in [0, 0.05) is 19.0 Å². The first kappa shape index (κ1) is 5.47. The largest absolute Gasteiger partial charge is 0.329 e. The normalized spacial score (nSPS) is 14.8. The van der Waals surface area contributed by atoms with Gasteiger partial charge >= 0.3 is 0 Å². The van der Waals surface area contributed by atoms with Crippen LogP contribution in [-0.4, -0.2) is 10.8 Å². The number of allylic oxidation sites excluding steroid dienone is 2. The number of hydrogen-bond donors (Lipinski definition) is 0. The van der Waals surface area contributed by atoms with E-state index < -0.39 is 0 Å². The molecule has 0 fully saturated rings. The molecule has 2 heterocycles. The summed E-state index contributed by atoms with van der Waals surface area (Å²) in [4.78, 5) is 4.20. The van der Waals surface area contributed by atoms with Crippen LogP contribution in [0.25, 0.3) is 0 Å². The van der Waals surface area contributed by atoms with E-state index in [2.05, 4.69) is 15.6 Å². The van der Waals surface area contributed by atoms with E-state index in [1.165, 1.54) is 0 Å². The molecule has 2 heteroatoms. The maximum atomic E-state index is 4.20. The van der Waals surface area contributed by atoms with E-state index in [0.29, 0.717) is 0 Å². The Balaban J connectivity index is 2.50. The molecular weight excluding hydrogens is 124 g/mol. The average molecular weight is 132 g/mol. The average Bonchev–Trinajstić information content (AvgIpc) is 2.28. The van der Waals surface area contributed by atoms with Gasteiger partial charge in [-0.1, -0.05) is 6.08 Å². The van der Waals surface area contributed by atoms with Crippen molar-refractivity contribution >= 4 is 12.0 Å². The van der Waals surface area contributed by atoms with Crippen LogP contribution in [0.2, 0.25) is 0 Å². The Labute approximate surface area is 59.5 Å². The number of fused-ring (bicyclic) bond motifs is 1. The maximum Gasteiger partial charge on any atom is 0.132 e. The fourth-order valence-electron chi connectivity index (χ4n) is 1.03. The number of aliphatic imine (C=N–C) groups is 1. The second kappa shape index (κ2) is 2.14. The predicted octanol–water partition coefficient (Wildman–Crippen LogP) is 1.76. The molecule has 1 aromatic rings. The molecule has 2 nitrogen and oxygen atoms in total. The van der Waals surface area contributed by atoms with Crippen molar-refractivity contribution in [2.24, 2.45) is 4.99 Å². The van der Waals surface area contributed by atoms with E-state index in [0.717, 1.165) is 12.4 Å². The minimum absolute atomic E-state index is 0.933. The smallest absolute Gasteiger partial charge is 0.132 e. The first-order valence-electron chi connectivity index (χ1n) is 3.31. The summed E-state index contributed by atoms with van der Waals surface area (Å²) in [5.41, 5.74) is 0. The Hall–Kier alpha value is -1.31. The predicted molar refractivity (Wildman–Crippen MR) is 41.7 cm³/mol. The highest BCUT2D eigenvalue weighted by atomic mass is 15.1. The van der Waals surface area contributed by atoms with Crippen LogP contribution in [0.4, 0.5) is 5.82 Å². The molecular formula is C8H8N2. The summed E-state index contributed by atoms with van der Waals surface area (Å²) in [5.74, 6) is 1.03. The summed E-state index contributed by atoms with van der Waals surface area (Å²) in [6, 6.07) is 4.01. The van der Waals surface area contributed by atoms with Gasteiger partial charge in [0.1, 0.15) is 5.82 Å². The molecule has 0 saturated heterocycles. The van der Waals surface area contributed by atoms with E-state index in [1.54, 1.807) is 0 Å². The third-order valence-corrected chi connectivity index (χ3v) is 1.54. The lowest BCUT2D eigenvalue weighted by atomic mass is 10.5. The first-order valence-corrected chi connectivity index (χ1v) is 3.31. The molecule has 0 unspecified atom stereocenters. The molecule has 0 aromatic carbocycles. The molecule has 0 amide bonds. The van der Waals surface area contributed by atoms with Gasteiger partial charge in [-0.05, 0) is 18.2 Å². The molecule has 0 aliphatic carbocycles. The van der Waals surface area contributed by atoms with Gasteiger partial charge in [-0.15, -0.1) is 0 Å². The Morgan fingerprint density at radius 1 is 1.50 bits per heavy atom. The zero-order valence-corrected chi connectivity index (χ0v) is 5.57. The molecule has 0 atom stereocenters. The Morgan fingerprint density at radius 3 is 3.50 bits per heavy atom. The lowest BCUT2D eigenvalue weighted by Gasteiger charge is -1.97. The third-order valence-electron chi connectivity index (χ3n) is 1.54. The highest BCUT2D eigenvalue weighted by molar-refractivity contribution is 5.74. The van der Waals surface area contributed by atoms with E-state index in [9.17, 15) is 0 Å². The quantitative estimate of drug-likeness (QED) is 0.511. The van der Waals surface area contributed by atoms with E-state index >= 15 is 0 Å². The maximum absolute atomic E-state index is 4.20.